The van der Waals surface area contributed by atoms with Crippen LogP contribution in [0.15, 0.2) is 23.6 Å². The topological polar surface area (TPSA) is 77.2 Å². The maximum absolute atomic E-state index is 11.0. The highest BCUT2D eigenvalue weighted by atomic mass is 32.1. The van der Waals surface area contributed by atoms with Crippen molar-refractivity contribution >= 4 is 28.1 Å². The van der Waals surface area contributed by atoms with E-state index in [1.54, 1.807) is 12.5 Å². The molecule has 0 saturated heterocycles. The molecule has 0 bridgehead atoms. The van der Waals surface area contributed by atoms with E-state index in [4.69, 9.17) is 10.5 Å². The van der Waals surface area contributed by atoms with Crippen LogP contribution in [0.4, 0.5) is 10.8 Å². The van der Waals surface area contributed by atoms with Crippen LogP contribution in [0.3, 0.4) is 0 Å². The second-order valence-corrected chi connectivity index (χ2v) is 4.59. The number of aryl methyl sites for hydroxylation is 1. The molecule has 1 amide bonds. The van der Waals surface area contributed by atoms with Crippen LogP contribution in [0.25, 0.3) is 0 Å². The molecular weight excluding hydrogens is 250 g/mol. The van der Waals surface area contributed by atoms with Gasteiger partial charge >= 0.3 is 0 Å². The number of aromatic nitrogens is 1. The standard InChI is InChI=1S/C12H13N3O2S/c1-7-3-4-10(17-2)8(5-7)14-12-15-9(6-18-12)11(13)16/h3-6H,1-2H3,(H2,13,16)(H,14,15). The fourth-order valence-corrected chi connectivity index (χ4v) is 2.19. The van der Waals surface area contributed by atoms with Crippen LogP contribution in [0.2, 0.25) is 0 Å². The van der Waals surface area contributed by atoms with Crippen molar-refractivity contribution in [1.82, 2.24) is 4.98 Å². The molecule has 94 valence electrons. The zero-order valence-corrected chi connectivity index (χ0v) is 10.9. The number of nitrogens with zero attached hydrogens (tertiary/aromatic N) is 1. The predicted octanol–water partition coefficient (Wildman–Crippen LogP) is 2.30. The molecule has 1 heterocycles. The van der Waals surface area contributed by atoms with Gasteiger partial charge in [0.1, 0.15) is 11.4 Å². The number of primary amides is 1. The minimum atomic E-state index is -0.532. The van der Waals surface area contributed by atoms with Gasteiger partial charge in [-0.25, -0.2) is 4.98 Å². The SMILES string of the molecule is COc1ccc(C)cc1Nc1nc(C(N)=O)cs1. The number of carbonyl (C=O) groups is 1. The quantitative estimate of drug-likeness (QED) is 0.887. The van der Waals surface area contributed by atoms with Crippen LogP contribution in [0, 0.1) is 6.92 Å². The molecule has 0 atom stereocenters. The van der Waals surface area contributed by atoms with E-state index in [0.717, 1.165) is 17.0 Å². The Kier molecular flexibility index (Phi) is 3.47. The zero-order valence-electron chi connectivity index (χ0n) is 10.1. The molecule has 0 aliphatic carbocycles. The number of anilines is 2. The Morgan fingerprint density at radius 3 is 2.89 bits per heavy atom. The lowest BCUT2D eigenvalue weighted by Gasteiger charge is -2.09. The molecular formula is C12H13N3O2S. The highest BCUT2D eigenvalue weighted by molar-refractivity contribution is 7.14. The van der Waals surface area contributed by atoms with Gasteiger partial charge in [0.2, 0.25) is 0 Å². The molecule has 0 unspecified atom stereocenters. The summed E-state index contributed by atoms with van der Waals surface area (Å²) >= 11 is 1.32. The minimum absolute atomic E-state index is 0.258. The van der Waals surface area contributed by atoms with Gasteiger partial charge in [-0.3, -0.25) is 4.79 Å². The normalized spacial score (nSPS) is 10.1. The third-order valence-corrected chi connectivity index (χ3v) is 3.11. The van der Waals surface area contributed by atoms with E-state index in [1.165, 1.54) is 11.3 Å². The van der Waals surface area contributed by atoms with Gasteiger partial charge in [-0.05, 0) is 24.6 Å². The number of thiazole rings is 1. The Hall–Kier alpha value is -2.08. The van der Waals surface area contributed by atoms with Crippen LogP contribution >= 0.6 is 11.3 Å². The lowest BCUT2D eigenvalue weighted by Crippen LogP contribution is -2.11. The summed E-state index contributed by atoms with van der Waals surface area (Å²) < 4.78 is 5.25. The van der Waals surface area contributed by atoms with Crippen LogP contribution in [-0.2, 0) is 0 Å². The number of hydrogen-bond acceptors (Lipinski definition) is 5. The lowest BCUT2D eigenvalue weighted by molar-refractivity contribution is 0.0996. The van der Waals surface area contributed by atoms with Gasteiger partial charge < -0.3 is 15.8 Å². The van der Waals surface area contributed by atoms with Crippen molar-refractivity contribution in [2.45, 2.75) is 6.92 Å². The highest BCUT2D eigenvalue weighted by Gasteiger charge is 2.09. The van der Waals surface area contributed by atoms with Gasteiger partial charge in [0.05, 0.1) is 12.8 Å². The molecule has 5 nitrogen and oxygen atoms in total. The smallest absolute Gasteiger partial charge is 0.268 e. The number of methoxy groups -OCH3 is 1. The lowest BCUT2D eigenvalue weighted by atomic mass is 10.2. The number of nitrogens with one attached hydrogen (secondary N) is 1. The number of hydrogen-bond donors (Lipinski definition) is 2. The van der Waals surface area contributed by atoms with Crippen molar-refractivity contribution in [3.8, 4) is 5.75 Å². The Labute approximate surface area is 109 Å². The van der Waals surface area contributed by atoms with Crippen molar-refractivity contribution in [1.29, 1.82) is 0 Å². The average Bonchev–Trinajstić information content (AvgIpc) is 2.78. The van der Waals surface area contributed by atoms with E-state index < -0.39 is 5.91 Å². The Bertz CT molecular complexity index is 580. The largest absolute Gasteiger partial charge is 0.495 e. The second kappa shape index (κ2) is 5.05. The van der Waals surface area contributed by atoms with E-state index in [0.29, 0.717) is 5.13 Å². The fourth-order valence-electron chi connectivity index (χ4n) is 1.48. The monoisotopic (exact) mass is 263 g/mol. The number of rotatable bonds is 4. The molecule has 6 heteroatoms. The first kappa shape index (κ1) is 12.4. The number of benzene rings is 1. The van der Waals surface area contributed by atoms with E-state index in [9.17, 15) is 4.79 Å². The van der Waals surface area contributed by atoms with E-state index in [-0.39, 0.29) is 5.69 Å². The van der Waals surface area contributed by atoms with Gasteiger partial charge in [-0.2, -0.15) is 0 Å². The van der Waals surface area contributed by atoms with Crippen LogP contribution < -0.4 is 15.8 Å². The molecule has 2 aromatic rings. The molecule has 0 aliphatic heterocycles. The molecule has 0 fully saturated rings. The fraction of sp³-hybridized carbons (Fsp3) is 0.167. The number of nitrogens with two attached hydrogens (primary N) is 1. The summed E-state index contributed by atoms with van der Waals surface area (Å²) in [5.74, 6) is 0.187. The maximum atomic E-state index is 11.0. The molecule has 1 aromatic carbocycles. The number of amides is 1. The average molecular weight is 263 g/mol. The predicted molar refractivity (Wildman–Crippen MR) is 71.6 cm³/mol. The first-order valence-electron chi connectivity index (χ1n) is 5.27. The molecule has 18 heavy (non-hydrogen) atoms. The summed E-state index contributed by atoms with van der Waals surface area (Å²) in [6.07, 6.45) is 0. The van der Waals surface area contributed by atoms with Gasteiger partial charge in [0, 0.05) is 5.38 Å². The Morgan fingerprint density at radius 2 is 2.28 bits per heavy atom. The number of ether oxygens (including phenoxy) is 1. The molecule has 0 spiro atoms. The Morgan fingerprint density at radius 1 is 1.50 bits per heavy atom. The minimum Gasteiger partial charge on any atom is -0.495 e. The van der Waals surface area contributed by atoms with Gasteiger partial charge in [-0.1, -0.05) is 6.07 Å². The van der Waals surface area contributed by atoms with E-state index in [1.807, 2.05) is 25.1 Å². The first-order valence-corrected chi connectivity index (χ1v) is 6.15. The summed E-state index contributed by atoms with van der Waals surface area (Å²) in [6.45, 7) is 1.99. The summed E-state index contributed by atoms with van der Waals surface area (Å²) in [5.41, 5.74) is 7.32. The van der Waals surface area contributed by atoms with Gasteiger partial charge in [-0.15, -0.1) is 11.3 Å². The van der Waals surface area contributed by atoms with E-state index in [2.05, 4.69) is 10.3 Å². The van der Waals surface area contributed by atoms with Crippen molar-refractivity contribution in [3.63, 3.8) is 0 Å². The van der Waals surface area contributed by atoms with E-state index >= 15 is 0 Å². The van der Waals surface area contributed by atoms with Gasteiger partial charge in [0.25, 0.3) is 5.91 Å². The first-order chi connectivity index (χ1) is 8.60. The molecule has 0 aliphatic rings. The summed E-state index contributed by atoms with van der Waals surface area (Å²) in [4.78, 5) is 15.0. The summed E-state index contributed by atoms with van der Waals surface area (Å²) in [7, 11) is 1.60. The van der Waals surface area contributed by atoms with Crippen LogP contribution in [0.5, 0.6) is 5.75 Å². The summed E-state index contributed by atoms with van der Waals surface area (Å²) in [6, 6.07) is 5.78. The highest BCUT2D eigenvalue weighted by Crippen LogP contribution is 2.29. The third kappa shape index (κ3) is 2.60. The van der Waals surface area contributed by atoms with Crippen molar-refractivity contribution in [2.24, 2.45) is 5.73 Å². The third-order valence-electron chi connectivity index (χ3n) is 2.35. The van der Waals surface area contributed by atoms with Crippen LogP contribution in [-0.4, -0.2) is 18.0 Å². The summed E-state index contributed by atoms with van der Waals surface area (Å²) in [5, 5.41) is 5.34. The van der Waals surface area contributed by atoms with Crippen molar-refractivity contribution < 1.29 is 9.53 Å². The number of carbonyl (C=O) groups excluding carboxylic acids is 1. The van der Waals surface area contributed by atoms with Crippen molar-refractivity contribution in [2.75, 3.05) is 12.4 Å². The maximum Gasteiger partial charge on any atom is 0.268 e. The molecule has 2 rings (SSSR count). The molecule has 0 radical (unpaired) electrons. The van der Waals surface area contributed by atoms with Crippen LogP contribution in [0.1, 0.15) is 16.1 Å². The zero-order chi connectivity index (χ0) is 13.1. The van der Waals surface area contributed by atoms with Gasteiger partial charge in [0.15, 0.2) is 5.13 Å². The molecule has 1 aromatic heterocycles. The second-order valence-electron chi connectivity index (χ2n) is 3.73. The molecule has 0 saturated carbocycles. The Balaban J connectivity index is 2.27. The molecule has 3 N–H and O–H groups in total. The van der Waals surface area contributed by atoms with Crippen molar-refractivity contribution in [3.05, 3.63) is 34.8 Å².